The van der Waals surface area contributed by atoms with E-state index in [9.17, 15) is 9.59 Å². The average Bonchev–Trinajstić information content (AvgIpc) is 2.10. The molecule has 0 aromatic carbocycles. The summed E-state index contributed by atoms with van der Waals surface area (Å²) in [4.78, 5) is 22.5. The molecule has 0 amide bonds. The summed E-state index contributed by atoms with van der Waals surface area (Å²) in [5.41, 5.74) is 0. The summed E-state index contributed by atoms with van der Waals surface area (Å²) in [7, 11) is 0. The smallest absolute Gasteiger partial charge is 0.308 e. The van der Waals surface area contributed by atoms with E-state index < -0.39 is 0 Å². The first-order valence-corrected chi connectivity index (χ1v) is 4.84. The van der Waals surface area contributed by atoms with Crippen LogP contribution in [0.25, 0.3) is 0 Å². The molecule has 0 radical (unpaired) electrons. The first-order chi connectivity index (χ1) is 6.15. The van der Waals surface area contributed by atoms with Gasteiger partial charge in [-0.25, -0.2) is 0 Å². The van der Waals surface area contributed by atoms with Gasteiger partial charge < -0.3 is 4.74 Å². The largest absolute Gasteiger partial charge is 0.466 e. The van der Waals surface area contributed by atoms with E-state index in [-0.39, 0.29) is 23.6 Å². The van der Waals surface area contributed by atoms with Gasteiger partial charge in [-0.05, 0) is 19.8 Å². The van der Waals surface area contributed by atoms with Gasteiger partial charge in [-0.3, -0.25) is 9.59 Å². The summed E-state index contributed by atoms with van der Waals surface area (Å²) in [6.45, 7) is 4.11. The third-order valence-electron chi connectivity index (χ3n) is 2.55. The minimum absolute atomic E-state index is 0.0307. The quantitative estimate of drug-likeness (QED) is 0.611. The van der Waals surface area contributed by atoms with Gasteiger partial charge in [0.25, 0.3) is 0 Å². The molecular weight excluding hydrogens is 168 g/mol. The number of esters is 1. The molecule has 1 aliphatic rings. The minimum atomic E-state index is -0.137. The van der Waals surface area contributed by atoms with Gasteiger partial charge in [0.1, 0.15) is 5.78 Å². The van der Waals surface area contributed by atoms with Crippen LogP contribution in [0, 0.1) is 11.8 Å². The molecule has 0 spiro atoms. The Morgan fingerprint density at radius 1 is 1.62 bits per heavy atom. The summed E-state index contributed by atoms with van der Waals surface area (Å²) in [6, 6.07) is 0. The molecule has 1 saturated carbocycles. The standard InChI is InChI=1S/C10H16O3/c1-3-13-10(12)8-4-5-9(11)7(2)6-8/h7-8H,3-6H2,1-2H3/t7-,8+/m1/s1. The fourth-order valence-electron chi connectivity index (χ4n) is 1.71. The number of rotatable bonds is 2. The van der Waals surface area contributed by atoms with Crippen molar-refractivity contribution >= 4 is 11.8 Å². The zero-order valence-corrected chi connectivity index (χ0v) is 8.21. The van der Waals surface area contributed by atoms with E-state index in [2.05, 4.69) is 0 Å². The Bertz CT molecular complexity index is 210. The molecule has 0 saturated heterocycles. The summed E-state index contributed by atoms with van der Waals surface area (Å²) < 4.78 is 4.91. The van der Waals surface area contributed by atoms with Crippen molar-refractivity contribution in [3.05, 3.63) is 0 Å². The van der Waals surface area contributed by atoms with E-state index in [0.717, 1.165) is 0 Å². The topological polar surface area (TPSA) is 43.4 Å². The number of ketones is 1. The Balaban J connectivity index is 2.45. The first-order valence-electron chi connectivity index (χ1n) is 4.84. The van der Waals surface area contributed by atoms with Crippen LogP contribution in [-0.2, 0) is 14.3 Å². The predicted molar refractivity (Wildman–Crippen MR) is 48.1 cm³/mol. The Labute approximate surface area is 78.5 Å². The summed E-state index contributed by atoms with van der Waals surface area (Å²) in [5, 5.41) is 0. The number of carbonyl (C=O) groups excluding carboxylic acids is 2. The van der Waals surface area contributed by atoms with Crippen molar-refractivity contribution < 1.29 is 14.3 Å². The zero-order chi connectivity index (χ0) is 9.84. The van der Waals surface area contributed by atoms with Crippen molar-refractivity contribution in [2.75, 3.05) is 6.61 Å². The van der Waals surface area contributed by atoms with Crippen LogP contribution in [0.4, 0.5) is 0 Å². The van der Waals surface area contributed by atoms with Crippen molar-refractivity contribution in [2.24, 2.45) is 11.8 Å². The summed E-state index contributed by atoms with van der Waals surface area (Å²) >= 11 is 0. The van der Waals surface area contributed by atoms with Crippen LogP contribution in [-0.4, -0.2) is 18.4 Å². The van der Waals surface area contributed by atoms with E-state index in [1.807, 2.05) is 6.92 Å². The number of ether oxygens (including phenoxy) is 1. The fraction of sp³-hybridized carbons (Fsp3) is 0.800. The van der Waals surface area contributed by atoms with Gasteiger partial charge in [0.15, 0.2) is 0 Å². The van der Waals surface area contributed by atoms with Crippen LogP contribution in [0.3, 0.4) is 0 Å². The van der Waals surface area contributed by atoms with E-state index >= 15 is 0 Å². The zero-order valence-electron chi connectivity index (χ0n) is 8.21. The molecule has 3 nitrogen and oxygen atoms in total. The molecule has 0 heterocycles. The average molecular weight is 184 g/mol. The molecule has 1 fully saturated rings. The first kappa shape index (κ1) is 10.2. The van der Waals surface area contributed by atoms with Gasteiger partial charge in [0.05, 0.1) is 12.5 Å². The predicted octanol–water partition coefficient (Wildman–Crippen LogP) is 1.55. The van der Waals surface area contributed by atoms with Crippen LogP contribution >= 0.6 is 0 Å². The highest BCUT2D eigenvalue weighted by Gasteiger charge is 2.30. The van der Waals surface area contributed by atoms with Gasteiger partial charge in [-0.1, -0.05) is 6.92 Å². The summed E-state index contributed by atoms with van der Waals surface area (Å²) in [6.07, 6.45) is 1.87. The lowest BCUT2D eigenvalue weighted by Crippen LogP contribution is -2.28. The molecule has 0 bridgehead atoms. The minimum Gasteiger partial charge on any atom is -0.466 e. The van der Waals surface area contributed by atoms with Gasteiger partial charge in [0, 0.05) is 12.3 Å². The van der Waals surface area contributed by atoms with Crippen molar-refractivity contribution in [1.82, 2.24) is 0 Å². The molecule has 0 unspecified atom stereocenters. The Hall–Kier alpha value is -0.860. The van der Waals surface area contributed by atoms with Crippen molar-refractivity contribution in [3.8, 4) is 0 Å². The second kappa shape index (κ2) is 4.40. The van der Waals surface area contributed by atoms with Crippen molar-refractivity contribution in [3.63, 3.8) is 0 Å². The SMILES string of the molecule is CCOC(=O)[C@H]1CCC(=O)[C@H](C)C1. The van der Waals surface area contributed by atoms with Gasteiger partial charge >= 0.3 is 5.97 Å². The summed E-state index contributed by atoms with van der Waals surface area (Å²) in [5.74, 6) is 0.123. The maximum absolute atomic E-state index is 11.3. The molecule has 0 aromatic rings. The lowest BCUT2D eigenvalue weighted by atomic mass is 9.81. The highest BCUT2D eigenvalue weighted by atomic mass is 16.5. The molecule has 1 rings (SSSR count). The second-order valence-corrected chi connectivity index (χ2v) is 3.59. The van der Waals surface area contributed by atoms with Crippen LogP contribution in [0.5, 0.6) is 0 Å². The van der Waals surface area contributed by atoms with Crippen LogP contribution in [0.15, 0.2) is 0 Å². The Morgan fingerprint density at radius 2 is 2.31 bits per heavy atom. The van der Waals surface area contributed by atoms with Gasteiger partial charge in [-0.15, -0.1) is 0 Å². The van der Waals surface area contributed by atoms with Crippen LogP contribution in [0.1, 0.15) is 33.1 Å². The maximum Gasteiger partial charge on any atom is 0.308 e. The van der Waals surface area contributed by atoms with E-state index in [1.54, 1.807) is 6.92 Å². The molecule has 74 valence electrons. The number of carbonyl (C=O) groups is 2. The third kappa shape index (κ3) is 2.54. The highest BCUT2D eigenvalue weighted by Crippen LogP contribution is 2.26. The highest BCUT2D eigenvalue weighted by molar-refractivity contribution is 5.84. The van der Waals surface area contributed by atoms with E-state index in [4.69, 9.17) is 4.74 Å². The van der Waals surface area contributed by atoms with Crippen LogP contribution < -0.4 is 0 Å². The molecule has 13 heavy (non-hydrogen) atoms. The molecule has 0 aromatic heterocycles. The molecule has 1 aliphatic carbocycles. The molecule has 2 atom stereocenters. The molecule has 3 heteroatoms. The Morgan fingerprint density at radius 3 is 2.85 bits per heavy atom. The fourth-order valence-corrected chi connectivity index (χ4v) is 1.71. The van der Waals surface area contributed by atoms with Crippen LogP contribution in [0.2, 0.25) is 0 Å². The third-order valence-corrected chi connectivity index (χ3v) is 2.55. The lowest BCUT2D eigenvalue weighted by molar-refractivity contribution is -0.150. The Kier molecular flexibility index (Phi) is 3.46. The second-order valence-electron chi connectivity index (χ2n) is 3.59. The number of hydrogen-bond acceptors (Lipinski definition) is 3. The van der Waals surface area contributed by atoms with Gasteiger partial charge in [-0.2, -0.15) is 0 Å². The molecular formula is C10H16O3. The molecule has 0 aliphatic heterocycles. The van der Waals surface area contributed by atoms with Crippen molar-refractivity contribution in [1.29, 1.82) is 0 Å². The number of hydrogen-bond donors (Lipinski definition) is 0. The van der Waals surface area contributed by atoms with Crippen molar-refractivity contribution in [2.45, 2.75) is 33.1 Å². The lowest BCUT2D eigenvalue weighted by Gasteiger charge is -2.23. The normalized spacial score (nSPS) is 28.6. The maximum atomic E-state index is 11.3. The van der Waals surface area contributed by atoms with Gasteiger partial charge in [0.2, 0.25) is 0 Å². The van der Waals surface area contributed by atoms with E-state index in [1.165, 1.54) is 0 Å². The number of Topliss-reactive ketones (excluding diaryl/α,β-unsaturated/α-hetero) is 1. The monoisotopic (exact) mass is 184 g/mol. The molecule has 0 N–H and O–H groups in total. The van der Waals surface area contributed by atoms with E-state index in [0.29, 0.717) is 25.9 Å².